The highest BCUT2D eigenvalue weighted by molar-refractivity contribution is 4.92. The Morgan fingerprint density at radius 1 is 1.42 bits per heavy atom. The number of aliphatic hydroxyl groups excluding tert-OH is 1. The Morgan fingerprint density at radius 2 is 2.16 bits per heavy atom. The van der Waals surface area contributed by atoms with Crippen LogP contribution >= 0.6 is 0 Å². The molecule has 1 heterocycles. The van der Waals surface area contributed by atoms with E-state index < -0.39 is 0 Å². The minimum Gasteiger partial charge on any atom is -0.394 e. The molecule has 1 rings (SSSR count). The molecule has 0 aliphatic heterocycles. The van der Waals surface area contributed by atoms with Crippen molar-refractivity contribution in [2.45, 2.75) is 39.4 Å². The van der Waals surface area contributed by atoms with Crippen molar-refractivity contribution in [3.63, 3.8) is 0 Å². The number of nitrogens with zero attached hydrogens (tertiary/aromatic N) is 4. The van der Waals surface area contributed by atoms with Crippen molar-refractivity contribution in [3.05, 3.63) is 11.9 Å². The van der Waals surface area contributed by atoms with Gasteiger partial charge in [0.05, 0.1) is 18.8 Å². The van der Waals surface area contributed by atoms with Crippen LogP contribution in [0.2, 0.25) is 0 Å². The third-order valence-electron chi connectivity index (χ3n) is 2.83. The summed E-state index contributed by atoms with van der Waals surface area (Å²) in [6.07, 6.45) is 3.02. The first kappa shape index (κ1) is 16.1. The second kappa shape index (κ2) is 8.24. The van der Waals surface area contributed by atoms with E-state index in [1.54, 1.807) is 4.68 Å². The van der Waals surface area contributed by atoms with E-state index >= 15 is 0 Å². The van der Waals surface area contributed by atoms with E-state index in [1.807, 2.05) is 6.20 Å². The van der Waals surface area contributed by atoms with Crippen LogP contribution in [0.5, 0.6) is 0 Å². The third kappa shape index (κ3) is 6.66. The number of rotatable bonds is 9. The van der Waals surface area contributed by atoms with Crippen molar-refractivity contribution >= 4 is 0 Å². The molecule has 1 atom stereocenters. The predicted octanol–water partition coefficient (Wildman–Crippen LogP) is 0.336. The van der Waals surface area contributed by atoms with Gasteiger partial charge in [-0.1, -0.05) is 19.1 Å². The Balaban J connectivity index is 2.44. The lowest BCUT2D eigenvalue weighted by Gasteiger charge is -2.23. The summed E-state index contributed by atoms with van der Waals surface area (Å²) in [4.78, 5) is 2.20. The Morgan fingerprint density at radius 3 is 2.74 bits per heavy atom. The van der Waals surface area contributed by atoms with Gasteiger partial charge in [-0.3, -0.25) is 0 Å². The van der Waals surface area contributed by atoms with Crippen LogP contribution in [-0.2, 0) is 13.1 Å². The third-order valence-corrected chi connectivity index (χ3v) is 2.83. The monoisotopic (exact) mass is 269 g/mol. The molecule has 110 valence electrons. The summed E-state index contributed by atoms with van der Waals surface area (Å²) in [5.41, 5.74) is 0.918. The summed E-state index contributed by atoms with van der Waals surface area (Å²) < 4.78 is 1.67. The molecule has 0 radical (unpaired) electrons. The molecule has 0 saturated heterocycles. The normalized spacial score (nSPS) is 13.4. The van der Waals surface area contributed by atoms with Gasteiger partial charge < -0.3 is 15.3 Å². The molecule has 0 fully saturated rings. The standard InChI is InChI=1S/C13H27N5O/c1-11(2)7-12(9-17(3)4)14-8-13-10-18(5-6-19)16-15-13/h10-12,14,19H,5-9H2,1-4H3. The molecule has 0 bridgehead atoms. The fraction of sp³-hybridized carbons (Fsp3) is 0.846. The molecule has 1 unspecified atom stereocenters. The van der Waals surface area contributed by atoms with Crippen LogP contribution in [0.1, 0.15) is 26.0 Å². The Labute approximate surface area is 115 Å². The molecule has 0 saturated carbocycles. The van der Waals surface area contributed by atoms with Crippen LogP contribution in [0.3, 0.4) is 0 Å². The molecule has 19 heavy (non-hydrogen) atoms. The first-order chi connectivity index (χ1) is 9.01. The zero-order valence-corrected chi connectivity index (χ0v) is 12.5. The van der Waals surface area contributed by atoms with Gasteiger partial charge in [0.15, 0.2) is 0 Å². The first-order valence-corrected chi connectivity index (χ1v) is 6.89. The SMILES string of the molecule is CC(C)CC(CN(C)C)NCc1cn(CCO)nn1. The Hall–Kier alpha value is -0.980. The summed E-state index contributed by atoms with van der Waals surface area (Å²) in [7, 11) is 4.18. The average molecular weight is 269 g/mol. The molecule has 0 aliphatic rings. The van der Waals surface area contributed by atoms with E-state index in [4.69, 9.17) is 5.11 Å². The maximum Gasteiger partial charge on any atom is 0.0964 e. The van der Waals surface area contributed by atoms with Crippen LogP contribution in [0.25, 0.3) is 0 Å². The molecule has 2 N–H and O–H groups in total. The van der Waals surface area contributed by atoms with Gasteiger partial charge in [-0.15, -0.1) is 5.10 Å². The summed E-state index contributed by atoms with van der Waals surface area (Å²) in [5.74, 6) is 0.669. The van der Waals surface area contributed by atoms with E-state index in [2.05, 4.69) is 48.5 Å². The fourth-order valence-electron chi connectivity index (χ4n) is 2.11. The topological polar surface area (TPSA) is 66.2 Å². The maximum atomic E-state index is 8.84. The number of hydrogen-bond acceptors (Lipinski definition) is 5. The highest BCUT2D eigenvalue weighted by Crippen LogP contribution is 2.06. The Bertz CT molecular complexity index is 341. The quantitative estimate of drug-likeness (QED) is 0.676. The lowest BCUT2D eigenvalue weighted by molar-refractivity contribution is 0.268. The summed E-state index contributed by atoms with van der Waals surface area (Å²) >= 11 is 0. The lowest BCUT2D eigenvalue weighted by Crippen LogP contribution is -2.38. The molecule has 0 amide bonds. The second-order valence-electron chi connectivity index (χ2n) is 5.67. The molecule has 6 nitrogen and oxygen atoms in total. The highest BCUT2D eigenvalue weighted by atomic mass is 16.3. The van der Waals surface area contributed by atoms with Crippen molar-refractivity contribution < 1.29 is 5.11 Å². The summed E-state index contributed by atoms with van der Waals surface area (Å²) in [6.45, 7) is 6.80. The minimum absolute atomic E-state index is 0.0901. The molecule has 6 heteroatoms. The average Bonchev–Trinajstić information content (AvgIpc) is 2.73. The zero-order chi connectivity index (χ0) is 14.3. The summed E-state index contributed by atoms with van der Waals surface area (Å²) in [6, 6.07) is 0.456. The largest absolute Gasteiger partial charge is 0.394 e. The van der Waals surface area contributed by atoms with Gasteiger partial charge in [0.25, 0.3) is 0 Å². The number of nitrogens with one attached hydrogen (secondary N) is 1. The minimum atomic E-state index is 0.0901. The van der Waals surface area contributed by atoms with E-state index in [0.717, 1.165) is 25.2 Å². The van der Waals surface area contributed by atoms with Gasteiger partial charge in [0.1, 0.15) is 0 Å². The van der Waals surface area contributed by atoms with Gasteiger partial charge in [-0.05, 0) is 26.4 Å². The fourth-order valence-corrected chi connectivity index (χ4v) is 2.11. The van der Waals surface area contributed by atoms with Gasteiger partial charge in [0, 0.05) is 25.3 Å². The van der Waals surface area contributed by atoms with Crippen molar-refractivity contribution in [2.75, 3.05) is 27.2 Å². The van der Waals surface area contributed by atoms with E-state index in [-0.39, 0.29) is 6.61 Å². The van der Waals surface area contributed by atoms with Crippen LogP contribution in [0.4, 0.5) is 0 Å². The van der Waals surface area contributed by atoms with Gasteiger partial charge in [-0.2, -0.15) is 0 Å². The molecular weight excluding hydrogens is 242 g/mol. The molecule has 0 aliphatic carbocycles. The highest BCUT2D eigenvalue weighted by Gasteiger charge is 2.12. The number of likely N-dealkylation sites (N-methyl/N-ethyl adjacent to an activating group) is 1. The van der Waals surface area contributed by atoms with Gasteiger partial charge in [0.2, 0.25) is 0 Å². The molecule has 0 aromatic carbocycles. The van der Waals surface area contributed by atoms with E-state index in [9.17, 15) is 0 Å². The zero-order valence-electron chi connectivity index (χ0n) is 12.5. The number of aromatic nitrogens is 3. The smallest absolute Gasteiger partial charge is 0.0964 e. The van der Waals surface area contributed by atoms with Crippen LogP contribution < -0.4 is 5.32 Å². The molecule has 1 aromatic heterocycles. The van der Waals surface area contributed by atoms with E-state index in [1.165, 1.54) is 0 Å². The Kier molecular flexibility index (Phi) is 6.97. The molecule has 0 spiro atoms. The maximum absolute atomic E-state index is 8.84. The second-order valence-corrected chi connectivity index (χ2v) is 5.67. The molecule has 1 aromatic rings. The van der Waals surface area contributed by atoms with Crippen LogP contribution in [-0.4, -0.2) is 58.3 Å². The molecular formula is C13H27N5O. The van der Waals surface area contributed by atoms with Gasteiger partial charge >= 0.3 is 0 Å². The van der Waals surface area contributed by atoms with Crippen molar-refractivity contribution in [2.24, 2.45) is 5.92 Å². The van der Waals surface area contributed by atoms with E-state index in [0.29, 0.717) is 18.5 Å². The van der Waals surface area contributed by atoms with Crippen LogP contribution in [0, 0.1) is 5.92 Å². The lowest BCUT2D eigenvalue weighted by atomic mass is 10.0. The first-order valence-electron chi connectivity index (χ1n) is 6.89. The van der Waals surface area contributed by atoms with Crippen molar-refractivity contribution in [1.82, 2.24) is 25.2 Å². The summed E-state index contributed by atoms with van der Waals surface area (Å²) in [5, 5.41) is 20.4. The van der Waals surface area contributed by atoms with Crippen LogP contribution in [0.15, 0.2) is 6.20 Å². The van der Waals surface area contributed by atoms with Crippen molar-refractivity contribution in [3.8, 4) is 0 Å². The number of hydrogen-bond donors (Lipinski definition) is 2. The predicted molar refractivity (Wildman–Crippen MR) is 75.7 cm³/mol. The van der Waals surface area contributed by atoms with Gasteiger partial charge in [-0.25, -0.2) is 4.68 Å². The number of aliphatic hydroxyl groups is 1. The van der Waals surface area contributed by atoms with Crippen molar-refractivity contribution in [1.29, 1.82) is 0 Å².